The fourth-order valence-corrected chi connectivity index (χ4v) is 3.48. The zero-order chi connectivity index (χ0) is 15.8. The van der Waals surface area contributed by atoms with Crippen LogP contribution in [0.4, 0.5) is 10.8 Å². The van der Waals surface area contributed by atoms with Crippen LogP contribution in [0.15, 0.2) is 48.1 Å². The molecule has 0 bridgehead atoms. The minimum absolute atomic E-state index is 0. The van der Waals surface area contributed by atoms with Crippen LogP contribution in [0.5, 0.6) is 0 Å². The molecule has 1 N–H and O–H groups in total. The van der Waals surface area contributed by atoms with E-state index in [9.17, 15) is 0 Å². The number of thiazole rings is 1. The minimum atomic E-state index is 0. The lowest BCUT2D eigenvalue weighted by Gasteiger charge is -2.02. The highest BCUT2D eigenvalue weighted by Gasteiger charge is 2.14. The molecular formula is C16H13BrIN5S. The molecule has 122 valence electrons. The Bertz CT molecular complexity index is 980. The molecule has 4 aromatic rings. The fourth-order valence-electron chi connectivity index (χ4n) is 2.40. The second-order valence-electron chi connectivity index (χ2n) is 5.01. The van der Waals surface area contributed by atoms with Gasteiger partial charge in [0, 0.05) is 27.0 Å². The van der Waals surface area contributed by atoms with Crippen molar-refractivity contribution in [1.29, 1.82) is 0 Å². The zero-order valence-electron chi connectivity index (χ0n) is 12.6. The van der Waals surface area contributed by atoms with Crippen molar-refractivity contribution in [2.24, 2.45) is 0 Å². The summed E-state index contributed by atoms with van der Waals surface area (Å²) in [7, 11) is 0. The topological polar surface area (TPSA) is 55.1 Å². The molecule has 0 fully saturated rings. The number of imidazole rings is 1. The second kappa shape index (κ2) is 7.16. The number of nitrogens with zero attached hydrogens (tertiary/aromatic N) is 4. The molecular weight excluding hydrogens is 501 g/mol. The first-order valence-electron chi connectivity index (χ1n) is 6.99. The van der Waals surface area contributed by atoms with E-state index in [0.29, 0.717) is 5.78 Å². The number of anilines is 2. The van der Waals surface area contributed by atoms with Gasteiger partial charge in [0.2, 0.25) is 5.78 Å². The summed E-state index contributed by atoms with van der Waals surface area (Å²) in [6.45, 7) is 1.98. The van der Waals surface area contributed by atoms with E-state index < -0.39 is 0 Å². The van der Waals surface area contributed by atoms with Gasteiger partial charge in [0.05, 0.1) is 11.4 Å². The lowest BCUT2D eigenvalue weighted by atomic mass is 10.3. The standard InChI is InChI=1S/C16H12IN5S.BrH/c1-10-14(22-8-2-7-18-15(22)19-10)13-9-23-16(21-13)20-12-5-3-11(17)4-6-12;/h2-9H,1H3,(H,20,21);1H. The quantitative estimate of drug-likeness (QED) is 0.388. The van der Waals surface area contributed by atoms with Gasteiger partial charge in [-0.2, -0.15) is 0 Å². The normalized spacial score (nSPS) is 10.6. The van der Waals surface area contributed by atoms with Crippen LogP contribution in [-0.4, -0.2) is 19.4 Å². The Labute approximate surface area is 167 Å². The molecule has 0 aliphatic carbocycles. The number of hydrogen-bond donors (Lipinski definition) is 1. The third-order valence-electron chi connectivity index (χ3n) is 3.42. The summed E-state index contributed by atoms with van der Waals surface area (Å²) in [6.07, 6.45) is 3.71. The number of benzene rings is 1. The molecule has 1 aromatic carbocycles. The molecule has 0 spiro atoms. The molecule has 0 aliphatic rings. The van der Waals surface area contributed by atoms with E-state index in [4.69, 9.17) is 4.98 Å². The van der Waals surface area contributed by atoms with Crippen molar-refractivity contribution in [3.8, 4) is 11.4 Å². The van der Waals surface area contributed by atoms with Crippen molar-refractivity contribution in [3.05, 3.63) is 57.4 Å². The van der Waals surface area contributed by atoms with Crippen molar-refractivity contribution >= 4 is 67.5 Å². The molecule has 0 saturated heterocycles. The molecule has 0 aliphatic heterocycles. The van der Waals surface area contributed by atoms with Crippen molar-refractivity contribution in [3.63, 3.8) is 0 Å². The van der Waals surface area contributed by atoms with E-state index in [1.807, 2.05) is 41.1 Å². The van der Waals surface area contributed by atoms with Gasteiger partial charge < -0.3 is 5.32 Å². The van der Waals surface area contributed by atoms with Crippen LogP contribution in [0.25, 0.3) is 17.2 Å². The van der Waals surface area contributed by atoms with Gasteiger partial charge in [0.15, 0.2) is 5.13 Å². The number of hydrogen-bond acceptors (Lipinski definition) is 5. The molecule has 3 heterocycles. The molecule has 0 atom stereocenters. The molecule has 4 rings (SSSR count). The van der Waals surface area contributed by atoms with Gasteiger partial charge in [0.25, 0.3) is 0 Å². The number of nitrogens with one attached hydrogen (secondary N) is 1. The number of halogens is 2. The van der Waals surface area contributed by atoms with Crippen molar-refractivity contribution in [1.82, 2.24) is 19.4 Å². The molecule has 0 amide bonds. The Hall–Kier alpha value is -1.52. The third-order valence-corrected chi connectivity index (χ3v) is 4.90. The number of rotatable bonds is 3. The summed E-state index contributed by atoms with van der Waals surface area (Å²) in [5, 5.41) is 6.24. The van der Waals surface area contributed by atoms with Crippen molar-refractivity contribution in [2.75, 3.05) is 5.32 Å². The fraction of sp³-hybridized carbons (Fsp3) is 0.0625. The minimum Gasteiger partial charge on any atom is -0.332 e. The predicted octanol–water partition coefficient (Wildman–Crippen LogP) is 5.09. The van der Waals surface area contributed by atoms with E-state index in [-0.39, 0.29) is 17.0 Å². The highest BCUT2D eigenvalue weighted by molar-refractivity contribution is 14.1. The van der Waals surface area contributed by atoms with Crippen LogP contribution in [0.2, 0.25) is 0 Å². The lowest BCUT2D eigenvalue weighted by molar-refractivity contribution is 1.11. The second-order valence-corrected chi connectivity index (χ2v) is 7.11. The molecule has 3 aromatic heterocycles. The molecule has 0 radical (unpaired) electrons. The Morgan fingerprint density at radius 3 is 2.75 bits per heavy atom. The maximum Gasteiger partial charge on any atom is 0.234 e. The summed E-state index contributed by atoms with van der Waals surface area (Å²) in [6, 6.07) is 10.1. The van der Waals surface area contributed by atoms with Crippen LogP contribution in [-0.2, 0) is 0 Å². The van der Waals surface area contributed by atoms with E-state index in [0.717, 1.165) is 27.9 Å². The maximum absolute atomic E-state index is 4.70. The van der Waals surface area contributed by atoms with E-state index in [2.05, 4.69) is 50.0 Å². The van der Waals surface area contributed by atoms with Crippen LogP contribution in [0.1, 0.15) is 5.69 Å². The largest absolute Gasteiger partial charge is 0.332 e. The highest BCUT2D eigenvalue weighted by atomic mass is 127. The summed E-state index contributed by atoms with van der Waals surface area (Å²) >= 11 is 3.87. The van der Waals surface area contributed by atoms with Crippen LogP contribution in [0, 0.1) is 10.5 Å². The SMILES string of the molecule is Br.Cc1nc2ncccn2c1-c1csc(Nc2ccc(I)cc2)n1. The Morgan fingerprint density at radius 1 is 1.17 bits per heavy atom. The average molecular weight is 514 g/mol. The summed E-state index contributed by atoms with van der Waals surface area (Å²) in [5.74, 6) is 0.695. The van der Waals surface area contributed by atoms with Gasteiger partial charge in [0.1, 0.15) is 5.69 Å². The Morgan fingerprint density at radius 2 is 1.96 bits per heavy atom. The summed E-state index contributed by atoms with van der Waals surface area (Å²) in [4.78, 5) is 13.5. The first-order valence-corrected chi connectivity index (χ1v) is 8.95. The number of aromatic nitrogens is 4. The predicted molar refractivity (Wildman–Crippen MR) is 112 cm³/mol. The molecule has 8 heteroatoms. The van der Waals surface area contributed by atoms with Gasteiger partial charge in [-0.05, 0) is 59.8 Å². The third kappa shape index (κ3) is 3.31. The van der Waals surface area contributed by atoms with Gasteiger partial charge >= 0.3 is 0 Å². The molecule has 5 nitrogen and oxygen atoms in total. The smallest absolute Gasteiger partial charge is 0.234 e. The molecule has 24 heavy (non-hydrogen) atoms. The van der Waals surface area contributed by atoms with E-state index >= 15 is 0 Å². The van der Waals surface area contributed by atoms with E-state index in [1.54, 1.807) is 17.5 Å². The number of aryl methyl sites for hydroxylation is 1. The van der Waals surface area contributed by atoms with E-state index in [1.165, 1.54) is 3.57 Å². The number of fused-ring (bicyclic) bond motifs is 1. The van der Waals surface area contributed by atoms with Gasteiger partial charge in [-0.1, -0.05) is 0 Å². The van der Waals surface area contributed by atoms with Gasteiger partial charge in [-0.15, -0.1) is 28.3 Å². The van der Waals surface area contributed by atoms with Crippen LogP contribution < -0.4 is 5.32 Å². The van der Waals surface area contributed by atoms with Gasteiger partial charge in [-0.25, -0.2) is 15.0 Å². The Kier molecular flexibility index (Phi) is 5.16. The molecule has 0 unspecified atom stereocenters. The van der Waals surface area contributed by atoms with Gasteiger partial charge in [-0.3, -0.25) is 4.40 Å². The maximum atomic E-state index is 4.70. The Balaban J connectivity index is 0.00000169. The summed E-state index contributed by atoms with van der Waals surface area (Å²) in [5.41, 5.74) is 3.85. The summed E-state index contributed by atoms with van der Waals surface area (Å²) < 4.78 is 3.18. The lowest BCUT2D eigenvalue weighted by Crippen LogP contribution is -1.92. The monoisotopic (exact) mass is 513 g/mol. The van der Waals surface area contributed by atoms with Crippen molar-refractivity contribution < 1.29 is 0 Å². The first-order chi connectivity index (χ1) is 11.2. The van der Waals surface area contributed by atoms with Crippen LogP contribution in [0.3, 0.4) is 0 Å². The highest BCUT2D eigenvalue weighted by Crippen LogP contribution is 2.29. The molecule has 0 saturated carbocycles. The zero-order valence-corrected chi connectivity index (χ0v) is 17.3. The van der Waals surface area contributed by atoms with Crippen LogP contribution >= 0.6 is 50.9 Å². The first kappa shape index (κ1) is 17.3. The van der Waals surface area contributed by atoms with Crippen molar-refractivity contribution in [2.45, 2.75) is 6.92 Å². The average Bonchev–Trinajstić information content (AvgIpc) is 3.12.